The monoisotopic (exact) mass is 224 g/mol. The lowest BCUT2D eigenvalue weighted by molar-refractivity contribution is 0.181. The molecule has 5 nitrogen and oxygen atoms in total. The van der Waals surface area contributed by atoms with Crippen LogP contribution in [0.3, 0.4) is 0 Å². The molecule has 1 unspecified atom stereocenters. The molecule has 0 aliphatic carbocycles. The highest BCUT2D eigenvalue weighted by atomic mass is 16.5. The van der Waals surface area contributed by atoms with Crippen molar-refractivity contribution in [3.63, 3.8) is 0 Å². The number of nitrogens with two attached hydrogens (primary N) is 1. The number of nitrogens with one attached hydrogen (secondary N) is 1. The highest BCUT2D eigenvalue weighted by Crippen LogP contribution is 2.19. The molecule has 0 saturated heterocycles. The topological polar surface area (TPSA) is 73.1 Å². The maximum absolute atomic E-state index is 5.45. The van der Waals surface area contributed by atoms with Crippen molar-refractivity contribution in [3.8, 4) is 0 Å². The molecular weight excluding hydrogens is 204 g/mol. The number of rotatable bonds is 5. The molecule has 3 N–H and O–H groups in total. The quantitative estimate of drug-likeness (QED) is 0.584. The van der Waals surface area contributed by atoms with Crippen molar-refractivity contribution >= 4 is 5.82 Å². The van der Waals surface area contributed by atoms with E-state index in [4.69, 9.17) is 10.6 Å². The Morgan fingerprint density at radius 2 is 2.12 bits per heavy atom. The van der Waals surface area contributed by atoms with Gasteiger partial charge in [0.1, 0.15) is 11.6 Å². The Hall–Kier alpha value is -1.20. The number of aryl methyl sites for hydroxylation is 1. The Labute approximate surface area is 96.4 Å². The van der Waals surface area contributed by atoms with E-state index >= 15 is 0 Å². The zero-order chi connectivity index (χ0) is 12.1. The molecule has 0 saturated carbocycles. The molecule has 1 atom stereocenters. The molecule has 1 aromatic heterocycles. The molecular formula is C11H20N4O. The maximum atomic E-state index is 5.45. The van der Waals surface area contributed by atoms with Gasteiger partial charge in [0.25, 0.3) is 0 Å². The molecule has 0 spiro atoms. The summed E-state index contributed by atoms with van der Waals surface area (Å²) >= 11 is 0. The summed E-state index contributed by atoms with van der Waals surface area (Å²) in [6.07, 6.45) is 0.871. The van der Waals surface area contributed by atoms with E-state index in [0.717, 1.165) is 23.5 Å². The van der Waals surface area contributed by atoms with Crippen molar-refractivity contribution in [2.75, 3.05) is 19.1 Å². The van der Waals surface area contributed by atoms with Gasteiger partial charge in [0, 0.05) is 24.3 Å². The van der Waals surface area contributed by atoms with Crippen LogP contribution in [0.1, 0.15) is 36.8 Å². The fourth-order valence-electron chi connectivity index (χ4n) is 1.61. The van der Waals surface area contributed by atoms with E-state index in [2.05, 4.69) is 22.3 Å². The van der Waals surface area contributed by atoms with E-state index in [1.807, 2.05) is 13.8 Å². The van der Waals surface area contributed by atoms with Crippen LogP contribution in [0.5, 0.6) is 0 Å². The number of aromatic nitrogens is 2. The number of nitrogen functional groups attached to an aromatic ring is 1. The molecule has 16 heavy (non-hydrogen) atoms. The third kappa shape index (κ3) is 2.68. The molecule has 0 aliphatic rings. The van der Waals surface area contributed by atoms with E-state index in [0.29, 0.717) is 12.4 Å². The van der Waals surface area contributed by atoms with Gasteiger partial charge < -0.3 is 10.2 Å². The number of hydrogen-bond donors (Lipinski definition) is 2. The first-order valence-corrected chi connectivity index (χ1v) is 5.46. The normalized spacial score (nSPS) is 12.6. The number of methoxy groups -OCH3 is 1. The van der Waals surface area contributed by atoms with E-state index in [1.54, 1.807) is 7.11 Å². The third-order valence-corrected chi connectivity index (χ3v) is 2.59. The lowest BCUT2D eigenvalue weighted by Crippen LogP contribution is -2.16. The van der Waals surface area contributed by atoms with Gasteiger partial charge in [-0.3, -0.25) is 0 Å². The SMILES string of the molecule is CCc1nc(C(C)COC)nc(NN)c1C. The molecule has 0 radical (unpaired) electrons. The van der Waals surface area contributed by atoms with Gasteiger partial charge in [-0.25, -0.2) is 15.8 Å². The summed E-state index contributed by atoms with van der Waals surface area (Å²) in [6, 6.07) is 0. The minimum Gasteiger partial charge on any atom is -0.384 e. The van der Waals surface area contributed by atoms with Gasteiger partial charge in [-0.05, 0) is 13.3 Å². The highest BCUT2D eigenvalue weighted by molar-refractivity contribution is 5.45. The molecule has 90 valence electrons. The Kier molecular flexibility index (Phi) is 4.64. The van der Waals surface area contributed by atoms with E-state index in [1.165, 1.54) is 0 Å². The Balaban J connectivity index is 3.11. The minimum atomic E-state index is 0.169. The lowest BCUT2D eigenvalue weighted by atomic mass is 10.1. The van der Waals surface area contributed by atoms with Crippen LogP contribution in [-0.2, 0) is 11.2 Å². The summed E-state index contributed by atoms with van der Waals surface area (Å²) in [5, 5.41) is 0. The molecule has 0 aliphatic heterocycles. The highest BCUT2D eigenvalue weighted by Gasteiger charge is 2.13. The van der Waals surface area contributed by atoms with Crippen LogP contribution >= 0.6 is 0 Å². The standard InChI is InChI=1S/C11H20N4O/c1-5-9-8(3)11(15-12)14-10(13-9)7(2)6-16-4/h7H,5-6,12H2,1-4H3,(H,13,14,15). The van der Waals surface area contributed by atoms with Crippen LogP contribution in [0.4, 0.5) is 5.82 Å². The first-order valence-electron chi connectivity index (χ1n) is 5.46. The van der Waals surface area contributed by atoms with E-state index < -0.39 is 0 Å². The largest absolute Gasteiger partial charge is 0.384 e. The van der Waals surface area contributed by atoms with Crippen LogP contribution < -0.4 is 11.3 Å². The third-order valence-electron chi connectivity index (χ3n) is 2.59. The molecule has 0 aromatic carbocycles. The van der Waals surface area contributed by atoms with Gasteiger partial charge >= 0.3 is 0 Å². The number of ether oxygens (including phenoxy) is 1. The molecule has 1 aromatic rings. The summed E-state index contributed by atoms with van der Waals surface area (Å²) in [7, 11) is 1.67. The molecule has 0 fully saturated rings. The number of hydrazine groups is 1. The van der Waals surface area contributed by atoms with E-state index in [9.17, 15) is 0 Å². The molecule has 0 amide bonds. The maximum Gasteiger partial charge on any atom is 0.146 e. The molecule has 1 rings (SSSR count). The van der Waals surface area contributed by atoms with Crippen molar-refractivity contribution in [1.82, 2.24) is 9.97 Å². The van der Waals surface area contributed by atoms with Crippen LogP contribution in [0.15, 0.2) is 0 Å². The van der Waals surface area contributed by atoms with Gasteiger partial charge in [0.15, 0.2) is 0 Å². The van der Waals surface area contributed by atoms with Crippen molar-refractivity contribution in [2.24, 2.45) is 5.84 Å². The fourth-order valence-corrected chi connectivity index (χ4v) is 1.61. The fraction of sp³-hybridized carbons (Fsp3) is 0.636. The second-order valence-corrected chi connectivity index (χ2v) is 3.86. The number of nitrogens with zero attached hydrogens (tertiary/aromatic N) is 2. The van der Waals surface area contributed by atoms with Crippen molar-refractivity contribution < 1.29 is 4.74 Å². The summed E-state index contributed by atoms with van der Waals surface area (Å²) in [5.41, 5.74) is 4.66. The second kappa shape index (κ2) is 5.77. The summed E-state index contributed by atoms with van der Waals surface area (Å²) in [4.78, 5) is 8.92. The smallest absolute Gasteiger partial charge is 0.146 e. The average molecular weight is 224 g/mol. The van der Waals surface area contributed by atoms with Crippen molar-refractivity contribution in [2.45, 2.75) is 33.1 Å². The Bertz CT molecular complexity index is 329. The molecule has 1 heterocycles. The summed E-state index contributed by atoms with van der Waals surface area (Å²) in [6.45, 7) is 6.68. The zero-order valence-corrected chi connectivity index (χ0v) is 10.4. The first kappa shape index (κ1) is 12.9. The summed E-state index contributed by atoms with van der Waals surface area (Å²) < 4.78 is 5.10. The van der Waals surface area contributed by atoms with Gasteiger partial charge in [0.05, 0.1) is 6.61 Å². The van der Waals surface area contributed by atoms with Crippen molar-refractivity contribution in [3.05, 3.63) is 17.1 Å². The number of anilines is 1. The number of hydrogen-bond acceptors (Lipinski definition) is 5. The predicted octanol–water partition coefficient (Wildman–Crippen LogP) is 1.38. The van der Waals surface area contributed by atoms with Crippen LogP contribution in [0.25, 0.3) is 0 Å². The van der Waals surface area contributed by atoms with Gasteiger partial charge in [0.2, 0.25) is 0 Å². The second-order valence-electron chi connectivity index (χ2n) is 3.86. The molecule has 5 heteroatoms. The van der Waals surface area contributed by atoms with Gasteiger partial charge in [-0.2, -0.15) is 0 Å². The zero-order valence-electron chi connectivity index (χ0n) is 10.4. The first-order chi connectivity index (χ1) is 7.63. The van der Waals surface area contributed by atoms with Crippen molar-refractivity contribution in [1.29, 1.82) is 0 Å². The predicted molar refractivity (Wildman–Crippen MR) is 64.2 cm³/mol. The lowest BCUT2D eigenvalue weighted by Gasteiger charge is -2.14. The van der Waals surface area contributed by atoms with Crippen LogP contribution in [-0.4, -0.2) is 23.7 Å². The Morgan fingerprint density at radius 1 is 1.44 bits per heavy atom. The summed E-state index contributed by atoms with van der Waals surface area (Å²) in [5.74, 6) is 7.09. The van der Waals surface area contributed by atoms with Gasteiger partial charge in [-0.15, -0.1) is 0 Å². The average Bonchev–Trinajstić information content (AvgIpc) is 2.29. The van der Waals surface area contributed by atoms with Crippen LogP contribution in [0, 0.1) is 6.92 Å². The van der Waals surface area contributed by atoms with E-state index in [-0.39, 0.29) is 5.92 Å². The van der Waals surface area contributed by atoms with Crippen LogP contribution in [0.2, 0.25) is 0 Å². The minimum absolute atomic E-state index is 0.169. The molecule has 0 bridgehead atoms. The van der Waals surface area contributed by atoms with Gasteiger partial charge in [-0.1, -0.05) is 13.8 Å². The Morgan fingerprint density at radius 3 is 2.62 bits per heavy atom.